The molecular formula is C13H25NS. The van der Waals surface area contributed by atoms with E-state index in [0.717, 1.165) is 17.2 Å². The van der Waals surface area contributed by atoms with Crippen LogP contribution >= 0.6 is 11.8 Å². The summed E-state index contributed by atoms with van der Waals surface area (Å²) in [6.07, 6.45) is 13.9. The molecule has 2 aliphatic carbocycles. The largest absolute Gasteiger partial charge is 0.313 e. The second-order valence-corrected chi connectivity index (χ2v) is 6.28. The van der Waals surface area contributed by atoms with Gasteiger partial charge in [-0.2, -0.15) is 11.8 Å². The first kappa shape index (κ1) is 11.8. The monoisotopic (exact) mass is 227 g/mol. The molecule has 0 heterocycles. The first-order valence-corrected chi connectivity index (χ1v) is 7.95. The number of hydrogen-bond acceptors (Lipinski definition) is 2. The van der Waals surface area contributed by atoms with Crippen LogP contribution in [-0.4, -0.2) is 24.1 Å². The Balaban J connectivity index is 1.62. The van der Waals surface area contributed by atoms with Crippen LogP contribution in [0.4, 0.5) is 0 Å². The van der Waals surface area contributed by atoms with Gasteiger partial charge in [-0.15, -0.1) is 0 Å². The predicted octanol–water partition coefficient (Wildman–Crippen LogP) is 3.44. The topological polar surface area (TPSA) is 12.0 Å². The summed E-state index contributed by atoms with van der Waals surface area (Å²) in [7, 11) is 0. The molecule has 0 aliphatic heterocycles. The number of hydrogen-bond donors (Lipinski definition) is 1. The van der Waals surface area contributed by atoms with Crippen molar-refractivity contribution in [1.82, 2.24) is 5.32 Å². The molecule has 2 rings (SSSR count). The molecule has 2 fully saturated rings. The van der Waals surface area contributed by atoms with E-state index in [-0.39, 0.29) is 0 Å². The van der Waals surface area contributed by atoms with Crippen molar-refractivity contribution in [3.63, 3.8) is 0 Å². The van der Waals surface area contributed by atoms with E-state index in [1.807, 2.05) is 0 Å². The zero-order valence-corrected chi connectivity index (χ0v) is 10.8. The Labute approximate surface area is 98.8 Å². The van der Waals surface area contributed by atoms with Crippen molar-refractivity contribution >= 4 is 11.8 Å². The van der Waals surface area contributed by atoms with Crippen LogP contribution in [0.15, 0.2) is 0 Å². The summed E-state index contributed by atoms with van der Waals surface area (Å²) in [4.78, 5) is 0. The molecule has 0 bridgehead atoms. The molecule has 1 nitrogen and oxygen atoms in total. The Bertz CT molecular complexity index is 179. The summed E-state index contributed by atoms with van der Waals surface area (Å²) in [5.74, 6) is 1.06. The van der Waals surface area contributed by atoms with Crippen LogP contribution in [0.3, 0.4) is 0 Å². The highest BCUT2D eigenvalue weighted by atomic mass is 32.2. The number of rotatable bonds is 5. The lowest BCUT2D eigenvalue weighted by Gasteiger charge is -2.32. The fraction of sp³-hybridized carbons (Fsp3) is 1.00. The van der Waals surface area contributed by atoms with Crippen LogP contribution in [0.1, 0.15) is 51.4 Å². The van der Waals surface area contributed by atoms with E-state index >= 15 is 0 Å². The minimum absolute atomic E-state index is 0.814. The lowest BCUT2D eigenvalue weighted by atomic mass is 9.83. The molecular weight excluding hydrogens is 202 g/mol. The summed E-state index contributed by atoms with van der Waals surface area (Å²) in [5.41, 5.74) is 0. The van der Waals surface area contributed by atoms with Crippen molar-refractivity contribution in [2.45, 2.75) is 62.7 Å². The fourth-order valence-electron chi connectivity index (χ4n) is 2.87. The normalized spacial score (nSPS) is 32.6. The fourth-order valence-corrected chi connectivity index (χ4v) is 3.83. The van der Waals surface area contributed by atoms with Gasteiger partial charge >= 0.3 is 0 Å². The second-order valence-electron chi connectivity index (χ2n) is 5.20. The predicted molar refractivity (Wildman–Crippen MR) is 69.5 cm³/mol. The highest BCUT2D eigenvalue weighted by Crippen LogP contribution is 2.30. The van der Waals surface area contributed by atoms with Gasteiger partial charge in [-0.3, -0.25) is 0 Å². The van der Waals surface area contributed by atoms with Gasteiger partial charge in [0.05, 0.1) is 0 Å². The summed E-state index contributed by atoms with van der Waals surface area (Å²) in [6, 6.07) is 0.814. The van der Waals surface area contributed by atoms with Crippen molar-refractivity contribution in [3.05, 3.63) is 0 Å². The van der Waals surface area contributed by atoms with Gasteiger partial charge in [0.2, 0.25) is 0 Å². The Morgan fingerprint density at radius 3 is 2.53 bits per heavy atom. The molecule has 0 aromatic carbocycles. The van der Waals surface area contributed by atoms with Gasteiger partial charge in [-0.1, -0.05) is 32.1 Å². The van der Waals surface area contributed by atoms with Crippen molar-refractivity contribution in [3.8, 4) is 0 Å². The van der Waals surface area contributed by atoms with Crippen molar-refractivity contribution in [1.29, 1.82) is 0 Å². The van der Waals surface area contributed by atoms with Gasteiger partial charge in [0.1, 0.15) is 0 Å². The lowest BCUT2D eigenvalue weighted by Crippen LogP contribution is -2.41. The van der Waals surface area contributed by atoms with Gasteiger partial charge < -0.3 is 5.32 Å². The summed E-state index contributed by atoms with van der Waals surface area (Å²) in [6.45, 7) is 1.27. The minimum Gasteiger partial charge on any atom is -0.313 e. The lowest BCUT2D eigenvalue weighted by molar-refractivity contribution is 0.280. The third kappa shape index (κ3) is 3.39. The molecule has 2 aliphatic rings. The van der Waals surface area contributed by atoms with Gasteiger partial charge in [0, 0.05) is 11.3 Å². The quantitative estimate of drug-likeness (QED) is 0.772. The van der Waals surface area contributed by atoms with Gasteiger partial charge in [0.25, 0.3) is 0 Å². The van der Waals surface area contributed by atoms with E-state index in [9.17, 15) is 0 Å². The first-order valence-electron chi connectivity index (χ1n) is 6.66. The van der Waals surface area contributed by atoms with Crippen molar-refractivity contribution in [2.75, 3.05) is 12.8 Å². The van der Waals surface area contributed by atoms with Gasteiger partial charge in [-0.25, -0.2) is 0 Å². The van der Waals surface area contributed by atoms with Crippen LogP contribution in [-0.2, 0) is 0 Å². The summed E-state index contributed by atoms with van der Waals surface area (Å²) >= 11 is 2.07. The van der Waals surface area contributed by atoms with Crippen LogP contribution < -0.4 is 5.32 Å². The molecule has 2 heteroatoms. The molecule has 88 valence electrons. The minimum atomic E-state index is 0.814. The van der Waals surface area contributed by atoms with E-state index in [1.54, 1.807) is 0 Å². The third-order valence-electron chi connectivity index (χ3n) is 4.19. The molecule has 2 unspecified atom stereocenters. The molecule has 0 saturated heterocycles. The molecule has 0 radical (unpaired) electrons. The smallest absolute Gasteiger partial charge is 0.0198 e. The average Bonchev–Trinajstić information content (AvgIpc) is 2.22. The molecule has 1 N–H and O–H groups in total. The molecule has 0 aromatic heterocycles. The standard InChI is InChI=1S/C13H25NS/c1-15-13-8-3-2-7-12(13)14-10-9-11-5-4-6-11/h11-14H,2-10H2,1H3. The van der Waals surface area contributed by atoms with E-state index < -0.39 is 0 Å². The maximum atomic E-state index is 3.80. The molecule has 0 amide bonds. The third-order valence-corrected chi connectivity index (χ3v) is 5.36. The van der Waals surface area contributed by atoms with Crippen molar-refractivity contribution < 1.29 is 0 Å². The highest BCUT2D eigenvalue weighted by molar-refractivity contribution is 7.99. The Morgan fingerprint density at radius 1 is 1.07 bits per heavy atom. The van der Waals surface area contributed by atoms with E-state index in [4.69, 9.17) is 0 Å². The highest BCUT2D eigenvalue weighted by Gasteiger charge is 2.24. The van der Waals surface area contributed by atoms with Gasteiger partial charge in [0.15, 0.2) is 0 Å². The SMILES string of the molecule is CSC1CCCCC1NCCC1CCC1. The van der Waals surface area contributed by atoms with Crippen LogP contribution in [0, 0.1) is 5.92 Å². The zero-order chi connectivity index (χ0) is 10.5. The van der Waals surface area contributed by atoms with Crippen molar-refractivity contribution in [2.24, 2.45) is 5.92 Å². The Kier molecular flexibility index (Phi) is 4.83. The van der Waals surface area contributed by atoms with Crippen LogP contribution in [0.25, 0.3) is 0 Å². The zero-order valence-electron chi connectivity index (χ0n) is 10.0. The van der Waals surface area contributed by atoms with E-state index in [2.05, 4.69) is 23.3 Å². The number of thioether (sulfide) groups is 1. The van der Waals surface area contributed by atoms with Crippen LogP contribution in [0.5, 0.6) is 0 Å². The van der Waals surface area contributed by atoms with E-state index in [0.29, 0.717) is 0 Å². The molecule has 2 atom stereocenters. The molecule has 0 spiro atoms. The summed E-state index contributed by atoms with van der Waals surface area (Å²) < 4.78 is 0. The maximum absolute atomic E-state index is 3.80. The second kappa shape index (κ2) is 6.15. The van der Waals surface area contributed by atoms with Gasteiger partial charge in [-0.05, 0) is 38.0 Å². The molecule has 2 saturated carbocycles. The first-order chi connectivity index (χ1) is 7.40. The molecule has 15 heavy (non-hydrogen) atoms. The van der Waals surface area contributed by atoms with Crippen LogP contribution in [0.2, 0.25) is 0 Å². The maximum Gasteiger partial charge on any atom is 0.0198 e. The summed E-state index contributed by atoms with van der Waals surface area (Å²) in [5, 5.41) is 4.69. The van der Waals surface area contributed by atoms with E-state index in [1.165, 1.54) is 57.9 Å². The average molecular weight is 227 g/mol. The Morgan fingerprint density at radius 2 is 1.87 bits per heavy atom. The molecule has 0 aromatic rings. The Hall–Kier alpha value is 0.310. The number of nitrogens with one attached hydrogen (secondary N) is 1.